The molecule has 1 heterocycles. The van der Waals surface area contributed by atoms with Crippen molar-refractivity contribution in [3.8, 4) is 0 Å². The maximum atomic E-state index is 4.18. The zero-order valence-corrected chi connectivity index (χ0v) is 11.8. The molecule has 0 bridgehead atoms. The molecule has 0 saturated carbocycles. The van der Waals surface area contributed by atoms with Crippen molar-refractivity contribution in [2.45, 2.75) is 44.8 Å². The van der Waals surface area contributed by atoms with E-state index in [4.69, 9.17) is 0 Å². The molecule has 1 rings (SSSR count). The summed E-state index contributed by atoms with van der Waals surface area (Å²) in [7, 11) is 0. The van der Waals surface area contributed by atoms with Crippen LogP contribution < -0.4 is 5.32 Å². The molecule has 0 aliphatic rings. The zero-order chi connectivity index (χ0) is 12.5. The van der Waals surface area contributed by atoms with Crippen LogP contribution in [0.25, 0.3) is 0 Å². The average Bonchev–Trinajstić information content (AvgIpc) is 2.33. The highest BCUT2D eigenvalue weighted by Crippen LogP contribution is 2.10. The van der Waals surface area contributed by atoms with E-state index >= 15 is 0 Å². The molecule has 4 heteroatoms. The highest BCUT2D eigenvalue weighted by Gasteiger charge is 2.03. The second-order valence-corrected chi connectivity index (χ2v) is 5.77. The monoisotopic (exact) mass is 253 g/mol. The fraction of sp³-hybridized carbons (Fsp3) is 0.692. The molecule has 3 nitrogen and oxygen atoms in total. The Kier molecular flexibility index (Phi) is 7.21. The Morgan fingerprint density at radius 3 is 2.53 bits per heavy atom. The lowest BCUT2D eigenvalue weighted by atomic mass is 10.0. The number of rotatable bonds is 8. The van der Waals surface area contributed by atoms with Gasteiger partial charge in [-0.05, 0) is 31.7 Å². The van der Waals surface area contributed by atoms with Gasteiger partial charge in [-0.25, -0.2) is 9.97 Å². The molecule has 1 N–H and O–H groups in total. The van der Waals surface area contributed by atoms with Crippen LogP contribution in [0.4, 0.5) is 0 Å². The van der Waals surface area contributed by atoms with E-state index in [9.17, 15) is 0 Å². The van der Waals surface area contributed by atoms with Crippen LogP contribution in [0, 0.1) is 5.92 Å². The summed E-state index contributed by atoms with van der Waals surface area (Å²) in [5.41, 5.74) is 0. The van der Waals surface area contributed by atoms with Gasteiger partial charge in [0.25, 0.3) is 0 Å². The molecule has 0 fully saturated rings. The maximum absolute atomic E-state index is 4.18. The van der Waals surface area contributed by atoms with Gasteiger partial charge < -0.3 is 5.32 Å². The quantitative estimate of drug-likeness (QED) is 0.439. The van der Waals surface area contributed by atoms with E-state index in [0.29, 0.717) is 6.04 Å². The number of hydrogen-bond donors (Lipinski definition) is 1. The van der Waals surface area contributed by atoms with Crippen molar-refractivity contribution >= 4 is 11.8 Å². The van der Waals surface area contributed by atoms with Gasteiger partial charge in [-0.2, -0.15) is 0 Å². The van der Waals surface area contributed by atoms with Crippen LogP contribution in [0.5, 0.6) is 0 Å². The normalized spacial score (nSPS) is 12.9. The Bertz CT molecular complexity index is 290. The molecule has 0 aliphatic heterocycles. The van der Waals surface area contributed by atoms with Gasteiger partial charge in [0.2, 0.25) is 0 Å². The third-order valence-electron chi connectivity index (χ3n) is 2.55. The van der Waals surface area contributed by atoms with E-state index in [-0.39, 0.29) is 0 Å². The molecular formula is C13H23N3S. The van der Waals surface area contributed by atoms with Crippen LogP contribution in [0.2, 0.25) is 0 Å². The van der Waals surface area contributed by atoms with Gasteiger partial charge in [0.15, 0.2) is 5.16 Å². The summed E-state index contributed by atoms with van der Waals surface area (Å²) < 4.78 is 0. The van der Waals surface area contributed by atoms with E-state index in [0.717, 1.165) is 23.4 Å². The van der Waals surface area contributed by atoms with Crippen LogP contribution in [-0.2, 0) is 0 Å². The van der Waals surface area contributed by atoms with Crippen molar-refractivity contribution in [2.24, 2.45) is 5.92 Å². The highest BCUT2D eigenvalue weighted by atomic mass is 32.2. The molecule has 0 saturated heterocycles. The number of nitrogens with one attached hydrogen (secondary N) is 1. The Balaban J connectivity index is 2.04. The Morgan fingerprint density at radius 2 is 1.88 bits per heavy atom. The number of nitrogens with zero attached hydrogens (tertiary/aromatic N) is 2. The van der Waals surface area contributed by atoms with Crippen LogP contribution in [0.1, 0.15) is 33.6 Å². The second kappa shape index (κ2) is 8.48. The van der Waals surface area contributed by atoms with Gasteiger partial charge in [-0.1, -0.05) is 25.6 Å². The highest BCUT2D eigenvalue weighted by molar-refractivity contribution is 7.99. The van der Waals surface area contributed by atoms with Gasteiger partial charge in [-0.3, -0.25) is 0 Å². The SMILES string of the molecule is CC(C)CCC(C)NCCSc1ncccn1. The third kappa shape index (κ3) is 7.34. The predicted molar refractivity (Wildman–Crippen MR) is 74.3 cm³/mol. The number of aromatic nitrogens is 2. The Morgan fingerprint density at radius 1 is 1.18 bits per heavy atom. The molecule has 0 aromatic carbocycles. The Labute approximate surface area is 109 Å². The first-order valence-corrected chi connectivity index (χ1v) is 7.30. The fourth-order valence-corrected chi connectivity index (χ4v) is 2.17. The summed E-state index contributed by atoms with van der Waals surface area (Å²) >= 11 is 1.70. The van der Waals surface area contributed by atoms with Gasteiger partial charge in [0, 0.05) is 30.7 Å². The topological polar surface area (TPSA) is 37.8 Å². The minimum Gasteiger partial charge on any atom is -0.313 e. The lowest BCUT2D eigenvalue weighted by Gasteiger charge is -2.14. The summed E-state index contributed by atoms with van der Waals surface area (Å²) in [6, 6.07) is 2.45. The summed E-state index contributed by atoms with van der Waals surface area (Å²) in [5, 5.41) is 4.40. The Hall–Kier alpha value is -0.610. The molecule has 0 amide bonds. The minimum absolute atomic E-state index is 0.606. The van der Waals surface area contributed by atoms with E-state index in [1.165, 1.54) is 12.8 Å². The first-order chi connectivity index (χ1) is 8.18. The molecule has 0 spiro atoms. The van der Waals surface area contributed by atoms with E-state index in [1.807, 2.05) is 6.07 Å². The van der Waals surface area contributed by atoms with E-state index in [2.05, 4.69) is 36.1 Å². The number of thioether (sulfide) groups is 1. The summed E-state index contributed by atoms with van der Waals surface area (Å²) in [5.74, 6) is 1.82. The maximum Gasteiger partial charge on any atom is 0.187 e. The third-order valence-corrected chi connectivity index (χ3v) is 3.42. The molecule has 1 aromatic rings. The second-order valence-electron chi connectivity index (χ2n) is 4.71. The van der Waals surface area contributed by atoms with Gasteiger partial charge in [-0.15, -0.1) is 0 Å². The molecule has 0 aliphatic carbocycles. The first kappa shape index (κ1) is 14.5. The molecular weight excluding hydrogens is 230 g/mol. The standard InChI is InChI=1S/C13H23N3S/c1-11(2)5-6-12(3)14-9-10-17-13-15-7-4-8-16-13/h4,7-8,11-12,14H,5-6,9-10H2,1-3H3. The summed E-state index contributed by atoms with van der Waals surface area (Å²) in [6.45, 7) is 7.82. The lowest BCUT2D eigenvalue weighted by molar-refractivity contribution is 0.460. The van der Waals surface area contributed by atoms with Gasteiger partial charge >= 0.3 is 0 Å². The van der Waals surface area contributed by atoms with Crippen molar-refractivity contribution in [2.75, 3.05) is 12.3 Å². The molecule has 96 valence electrons. The van der Waals surface area contributed by atoms with Crippen LogP contribution in [0.3, 0.4) is 0 Å². The van der Waals surface area contributed by atoms with E-state index < -0.39 is 0 Å². The van der Waals surface area contributed by atoms with Gasteiger partial charge in [0.1, 0.15) is 0 Å². The molecule has 0 radical (unpaired) electrons. The average molecular weight is 253 g/mol. The first-order valence-electron chi connectivity index (χ1n) is 6.31. The summed E-state index contributed by atoms with van der Waals surface area (Å²) in [6.07, 6.45) is 6.12. The van der Waals surface area contributed by atoms with Crippen LogP contribution in [-0.4, -0.2) is 28.3 Å². The number of hydrogen-bond acceptors (Lipinski definition) is 4. The van der Waals surface area contributed by atoms with Gasteiger partial charge in [0.05, 0.1) is 0 Å². The van der Waals surface area contributed by atoms with Crippen molar-refractivity contribution in [3.63, 3.8) is 0 Å². The van der Waals surface area contributed by atoms with Crippen molar-refractivity contribution in [1.29, 1.82) is 0 Å². The smallest absolute Gasteiger partial charge is 0.187 e. The molecule has 1 unspecified atom stereocenters. The molecule has 1 aromatic heterocycles. The largest absolute Gasteiger partial charge is 0.313 e. The zero-order valence-electron chi connectivity index (χ0n) is 11.0. The van der Waals surface area contributed by atoms with Crippen LogP contribution >= 0.6 is 11.8 Å². The van der Waals surface area contributed by atoms with E-state index in [1.54, 1.807) is 24.2 Å². The molecule has 17 heavy (non-hydrogen) atoms. The molecule has 1 atom stereocenters. The van der Waals surface area contributed by atoms with Crippen molar-refractivity contribution in [1.82, 2.24) is 15.3 Å². The predicted octanol–water partition coefficient (Wildman–Crippen LogP) is 2.98. The fourth-order valence-electron chi connectivity index (χ4n) is 1.49. The summed E-state index contributed by atoms with van der Waals surface area (Å²) in [4.78, 5) is 8.36. The van der Waals surface area contributed by atoms with Crippen molar-refractivity contribution < 1.29 is 0 Å². The minimum atomic E-state index is 0.606. The van der Waals surface area contributed by atoms with Crippen LogP contribution in [0.15, 0.2) is 23.6 Å². The van der Waals surface area contributed by atoms with Crippen molar-refractivity contribution in [3.05, 3.63) is 18.5 Å². The lowest BCUT2D eigenvalue weighted by Crippen LogP contribution is -2.28.